The normalized spacial score (nSPS) is 19.2. The Bertz CT molecular complexity index is 623. The van der Waals surface area contributed by atoms with E-state index in [4.69, 9.17) is 0 Å². The number of benzene rings is 1. The topological polar surface area (TPSA) is 60.9 Å². The van der Waals surface area contributed by atoms with Crippen LogP contribution in [0.2, 0.25) is 0 Å². The van der Waals surface area contributed by atoms with Crippen LogP contribution >= 0.6 is 0 Å². The lowest BCUT2D eigenvalue weighted by Gasteiger charge is -2.31. The minimum absolute atomic E-state index is 0.0221. The van der Waals surface area contributed by atoms with Gasteiger partial charge in [-0.25, -0.2) is 0 Å². The van der Waals surface area contributed by atoms with E-state index in [0.29, 0.717) is 19.5 Å². The van der Waals surface area contributed by atoms with Crippen LogP contribution in [0.1, 0.15) is 44.1 Å². The number of para-hydroxylation sites is 1. The SMILES string of the molecule is CN(CC1(O)CCCC1)C(=O)CCN1C(=O)CCc2ccccc21. The van der Waals surface area contributed by atoms with Gasteiger partial charge in [0.15, 0.2) is 0 Å². The number of aliphatic hydroxyl groups is 1. The molecule has 2 aliphatic rings. The highest BCUT2D eigenvalue weighted by molar-refractivity contribution is 5.96. The minimum Gasteiger partial charge on any atom is -0.388 e. The van der Waals surface area contributed by atoms with Crippen molar-refractivity contribution in [1.29, 1.82) is 0 Å². The molecule has 1 aromatic carbocycles. The zero-order chi connectivity index (χ0) is 17.2. The number of amides is 2. The Morgan fingerprint density at radius 1 is 1.25 bits per heavy atom. The van der Waals surface area contributed by atoms with Gasteiger partial charge in [-0.1, -0.05) is 31.0 Å². The fraction of sp³-hybridized carbons (Fsp3) is 0.579. The van der Waals surface area contributed by atoms with E-state index in [1.54, 1.807) is 16.8 Å². The summed E-state index contributed by atoms with van der Waals surface area (Å²) in [5.74, 6) is 0.0600. The van der Waals surface area contributed by atoms with Crippen molar-refractivity contribution in [3.8, 4) is 0 Å². The fourth-order valence-corrected chi connectivity index (χ4v) is 3.86. The molecule has 1 fully saturated rings. The summed E-state index contributed by atoms with van der Waals surface area (Å²) in [5, 5.41) is 10.4. The summed E-state index contributed by atoms with van der Waals surface area (Å²) in [6.45, 7) is 0.786. The largest absolute Gasteiger partial charge is 0.388 e. The molecule has 5 nitrogen and oxygen atoms in total. The number of rotatable bonds is 5. The molecule has 0 bridgehead atoms. The van der Waals surface area contributed by atoms with E-state index in [0.717, 1.165) is 43.4 Å². The first-order chi connectivity index (χ1) is 11.5. The second-order valence-corrected chi connectivity index (χ2v) is 7.11. The van der Waals surface area contributed by atoms with Gasteiger partial charge in [-0.05, 0) is 30.9 Å². The van der Waals surface area contributed by atoms with Gasteiger partial charge in [0.05, 0.1) is 5.60 Å². The molecule has 3 rings (SSSR count). The molecule has 0 aromatic heterocycles. The number of aryl methyl sites for hydroxylation is 1. The Morgan fingerprint density at radius 3 is 2.71 bits per heavy atom. The Hall–Kier alpha value is -1.88. The van der Waals surface area contributed by atoms with Gasteiger partial charge in [-0.15, -0.1) is 0 Å². The van der Waals surface area contributed by atoms with Gasteiger partial charge in [0.2, 0.25) is 11.8 Å². The van der Waals surface area contributed by atoms with Gasteiger partial charge in [0.25, 0.3) is 0 Å². The molecule has 1 N–H and O–H groups in total. The van der Waals surface area contributed by atoms with Gasteiger partial charge < -0.3 is 14.9 Å². The summed E-state index contributed by atoms with van der Waals surface area (Å²) in [7, 11) is 1.74. The van der Waals surface area contributed by atoms with Crippen LogP contribution in [-0.2, 0) is 16.0 Å². The smallest absolute Gasteiger partial charge is 0.227 e. The number of nitrogens with zero attached hydrogens (tertiary/aromatic N) is 2. The van der Waals surface area contributed by atoms with E-state index >= 15 is 0 Å². The van der Waals surface area contributed by atoms with E-state index in [1.807, 2.05) is 24.3 Å². The zero-order valence-electron chi connectivity index (χ0n) is 14.3. The molecular formula is C19H26N2O3. The molecule has 130 valence electrons. The van der Waals surface area contributed by atoms with E-state index in [-0.39, 0.29) is 18.2 Å². The molecule has 0 unspecified atom stereocenters. The van der Waals surface area contributed by atoms with Crippen LogP contribution in [0.5, 0.6) is 0 Å². The summed E-state index contributed by atoms with van der Waals surface area (Å²) in [4.78, 5) is 28.0. The standard InChI is InChI=1S/C19H26N2O3/c1-20(14-19(24)11-4-5-12-19)17(22)10-13-21-16-7-3-2-6-15(16)8-9-18(21)23/h2-3,6-7,24H,4-5,8-14H2,1H3. The molecule has 1 saturated carbocycles. The summed E-state index contributed by atoms with van der Waals surface area (Å²) in [6.07, 6.45) is 5.14. The van der Waals surface area contributed by atoms with E-state index in [9.17, 15) is 14.7 Å². The number of carbonyl (C=O) groups is 2. The monoisotopic (exact) mass is 330 g/mol. The number of fused-ring (bicyclic) bond motifs is 1. The minimum atomic E-state index is -0.724. The summed E-state index contributed by atoms with van der Waals surface area (Å²) in [6, 6.07) is 7.89. The van der Waals surface area contributed by atoms with Crippen LogP contribution in [0.3, 0.4) is 0 Å². The van der Waals surface area contributed by atoms with Crippen LogP contribution in [0, 0.1) is 0 Å². The molecule has 1 aromatic rings. The molecule has 5 heteroatoms. The highest BCUT2D eigenvalue weighted by Crippen LogP contribution is 2.30. The van der Waals surface area contributed by atoms with E-state index in [2.05, 4.69) is 0 Å². The van der Waals surface area contributed by atoms with Crippen LogP contribution in [0.15, 0.2) is 24.3 Å². The molecule has 0 atom stereocenters. The second-order valence-electron chi connectivity index (χ2n) is 7.11. The van der Waals surface area contributed by atoms with E-state index in [1.165, 1.54) is 0 Å². The van der Waals surface area contributed by atoms with Crippen molar-refractivity contribution in [3.05, 3.63) is 29.8 Å². The van der Waals surface area contributed by atoms with Gasteiger partial charge in [0, 0.05) is 38.7 Å². The highest BCUT2D eigenvalue weighted by atomic mass is 16.3. The number of likely N-dealkylation sites (N-methyl/N-ethyl adjacent to an activating group) is 1. The lowest BCUT2D eigenvalue weighted by Crippen LogP contribution is -2.43. The number of hydrogen-bond acceptors (Lipinski definition) is 3. The number of anilines is 1. The molecule has 1 aliphatic carbocycles. The maximum atomic E-state index is 12.4. The Kier molecular flexibility index (Phi) is 4.90. The highest BCUT2D eigenvalue weighted by Gasteiger charge is 2.33. The van der Waals surface area contributed by atoms with Crippen LogP contribution in [-0.4, -0.2) is 47.6 Å². The summed E-state index contributed by atoms with van der Waals surface area (Å²) >= 11 is 0. The van der Waals surface area contributed by atoms with Gasteiger partial charge in [-0.2, -0.15) is 0 Å². The number of carbonyl (C=O) groups excluding carboxylic acids is 2. The maximum absolute atomic E-state index is 12.4. The first-order valence-corrected chi connectivity index (χ1v) is 8.83. The van der Waals surface area contributed by atoms with Crippen molar-refractivity contribution in [2.45, 2.75) is 50.5 Å². The maximum Gasteiger partial charge on any atom is 0.227 e. The molecule has 1 aliphatic heterocycles. The average Bonchev–Trinajstić information content (AvgIpc) is 2.99. The van der Waals surface area contributed by atoms with Crippen molar-refractivity contribution < 1.29 is 14.7 Å². The summed E-state index contributed by atoms with van der Waals surface area (Å²) < 4.78 is 0. The third kappa shape index (κ3) is 3.61. The quantitative estimate of drug-likeness (QED) is 0.899. The van der Waals surface area contributed by atoms with Crippen LogP contribution < -0.4 is 4.90 Å². The first kappa shape index (κ1) is 17.0. The molecule has 0 spiro atoms. The summed E-state index contributed by atoms with van der Waals surface area (Å²) in [5.41, 5.74) is 1.37. The van der Waals surface area contributed by atoms with Crippen molar-refractivity contribution >= 4 is 17.5 Å². The average molecular weight is 330 g/mol. The molecular weight excluding hydrogens is 304 g/mol. The Morgan fingerprint density at radius 2 is 1.96 bits per heavy atom. The molecule has 0 saturated heterocycles. The predicted molar refractivity (Wildman–Crippen MR) is 92.8 cm³/mol. The van der Waals surface area contributed by atoms with Crippen LogP contribution in [0.4, 0.5) is 5.69 Å². The molecule has 2 amide bonds. The van der Waals surface area contributed by atoms with Gasteiger partial charge in [0.1, 0.15) is 0 Å². The molecule has 24 heavy (non-hydrogen) atoms. The lowest BCUT2D eigenvalue weighted by molar-refractivity contribution is -0.133. The molecule has 0 radical (unpaired) electrons. The van der Waals surface area contributed by atoms with Gasteiger partial charge in [-0.3, -0.25) is 9.59 Å². The lowest BCUT2D eigenvalue weighted by atomic mass is 10.0. The number of hydrogen-bond donors (Lipinski definition) is 1. The molecule has 1 heterocycles. The van der Waals surface area contributed by atoms with Crippen molar-refractivity contribution in [2.75, 3.05) is 25.0 Å². The van der Waals surface area contributed by atoms with Crippen molar-refractivity contribution in [2.24, 2.45) is 0 Å². The predicted octanol–water partition coefficient (Wildman–Crippen LogP) is 2.12. The van der Waals surface area contributed by atoms with E-state index < -0.39 is 5.60 Å². The van der Waals surface area contributed by atoms with Crippen molar-refractivity contribution in [1.82, 2.24) is 4.90 Å². The first-order valence-electron chi connectivity index (χ1n) is 8.83. The zero-order valence-corrected chi connectivity index (χ0v) is 14.3. The van der Waals surface area contributed by atoms with Crippen LogP contribution in [0.25, 0.3) is 0 Å². The van der Waals surface area contributed by atoms with Gasteiger partial charge >= 0.3 is 0 Å². The third-order valence-corrected chi connectivity index (χ3v) is 5.23. The Labute approximate surface area is 143 Å². The third-order valence-electron chi connectivity index (χ3n) is 5.23. The fourth-order valence-electron chi connectivity index (χ4n) is 3.86. The van der Waals surface area contributed by atoms with Crippen molar-refractivity contribution in [3.63, 3.8) is 0 Å². The Balaban J connectivity index is 1.59. The second kappa shape index (κ2) is 6.93.